The number of hydrogen-bond acceptors (Lipinski definition) is 4. The second-order valence-corrected chi connectivity index (χ2v) is 5.96. The summed E-state index contributed by atoms with van der Waals surface area (Å²) in [5.74, 6) is -0.838. The Morgan fingerprint density at radius 1 is 1.08 bits per heavy atom. The van der Waals surface area contributed by atoms with Crippen LogP contribution in [0.25, 0.3) is 0 Å². The Balaban J connectivity index is 2.56. The van der Waals surface area contributed by atoms with E-state index in [0.717, 1.165) is 5.56 Å². The predicted octanol–water partition coefficient (Wildman–Crippen LogP) is 1.53. The first-order chi connectivity index (χ1) is 11.2. The van der Waals surface area contributed by atoms with Crippen molar-refractivity contribution in [1.82, 2.24) is 15.5 Å². The van der Waals surface area contributed by atoms with E-state index in [4.69, 9.17) is 4.74 Å². The molecule has 0 aliphatic carbocycles. The largest absolute Gasteiger partial charge is 0.449 e. The second kappa shape index (κ2) is 8.90. The van der Waals surface area contributed by atoms with Crippen LogP contribution in [0.3, 0.4) is 0 Å². The highest BCUT2D eigenvalue weighted by molar-refractivity contribution is 5.92. The highest BCUT2D eigenvalue weighted by Crippen LogP contribution is 2.08. The average Bonchev–Trinajstić information content (AvgIpc) is 2.51. The molecular formula is C17H25N3O4. The molecule has 0 bridgehead atoms. The number of ether oxygens (including phenoxy) is 1. The van der Waals surface area contributed by atoms with Gasteiger partial charge < -0.3 is 20.3 Å². The average molecular weight is 335 g/mol. The molecule has 0 saturated heterocycles. The molecule has 24 heavy (non-hydrogen) atoms. The summed E-state index contributed by atoms with van der Waals surface area (Å²) >= 11 is 0. The topological polar surface area (TPSA) is 87.7 Å². The van der Waals surface area contributed by atoms with Crippen molar-refractivity contribution in [3.63, 3.8) is 0 Å². The van der Waals surface area contributed by atoms with E-state index in [9.17, 15) is 14.4 Å². The number of likely N-dealkylation sites (N-methyl/N-ethyl adjacent to an activating group) is 1. The normalized spacial score (nSPS) is 11.6. The van der Waals surface area contributed by atoms with Gasteiger partial charge in [0.15, 0.2) is 6.10 Å². The van der Waals surface area contributed by atoms with Gasteiger partial charge in [0.25, 0.3) is 5.91 Å². The van der Waals surface area contributed by atoms with E-state index in [2.05, 4.69) is 10.6 Å². The molecule has 0 fully saturated rings. The lowest BCUT2D eigenvalue weighted by Gasteiger charge is -2.17. The van der Waals surface area contributed by atoms with Crippen LogP contribution in [0.15, 0.2) is 24.3 Å². The van der Waals surface area contributed by atoms with Crippen LogP contribution < -0.4 is 10.6 Å². The van der Waals surface area contributed by atoms with Crippen molar-refractivity contribution >= 4 is 17.9 Å². The summed E-state index contributed by atoms with van der Waals surface area (Å²) in [6.45, 7) is 5.64. The number of hydrogen-bond donors (Lipinski definition) is 2. The van der Waals surface area contributed by atoms with Crippen LogP contribution in [0, 0.1) is 0 Å². The summed E-state index contributed by atoms with van der Waals surface area (Å²) in [7, 11) is 3.20. The van der Waals surface area contributed by atoms with Crippen LogP contribution in [0.1, 0.15) is 36.7 Å². The first-order valence-corrected chi connectivity index (χ1v) is 7.76. The van der Waals surface area contributed by atoms with Gasteiger partial charge in [0.2, 0.25) is 0 Å². The molecule has 0 aliphatic heterocycles. The zero-order valence-corrected chi connectivity index (χ0v) is 14.8. The summed E-state index contributed by atoms with van der Waals surface area (Å²) in [6.07, 6.45) is -0.839. The van der Waals surface area contributed by atoms with Crippen molar-refractivity contribution in [1.29, 1.82) is 0 Å². The van der Waals surface area contributed by atoms with E-state index in [1.807, 2.05) is 13.8 Å². The zero-order chi connectivity index (χ0) is 18.3. The van der Waals surface area contributed by atoms with Gasteiger partial charge in [-0.25, -0.2) is 9.59 Å². The molecule has 0 aromatic heterocycles. The van der Waals surface area contributed by atoms with Gasteiger partial charge in [-0.2, -0.15) is 0 Å². The van der Waals surface area contributed by atoms with Gasteiger partial charge in [-0.05, 0) is 38.5 Å². The minimum atomic E-state index is -0.839. The maximum Gasteiger partial charge on any atom is 0.338 e. The Bertz CT molecular complexity index is 582. The lowest BCUT2D eigenvalue weighted by Crippen LogP contribution is -2.39. The fraction of sp³-hybridized carbons (Fsp3) is 0.471. The molecule has 3 amide bonds. The molecule has 0 radical (unpaired) electrons. The third-order valence-corrected chi connectivity index (χ3v) is 3.13. The lowest BCUT2D eigenvalue weighted by molar-refractivity contribution is -0.137. The van der Waals surface area contributed by atoms with Crippen LogP contribution >= 0.6 is 0 Å². The van der Waals surface area contributed by atoms with Gasteiger partial charge in [-0.1, -0.05) is 12.1 Å². The fourth-order valence-corrected chi connectivity index (χ4v) is 1.90. The number of nitrogens with zero attached hydrogens (tertiary/aromatic N) is 1. The molecule has 7 heteroatoms. The van der Waals surface area contributed by atoms with Gasteiger partial charge in [0.1, 0.15) is 0 Å². The first-order valence-electron chi connectivity index (χ1n) is 7.76. The van der Waals surface area contributed by atoms with Gasteiger partial charge >= 0.3 is 12.0 Å². The third-order valence-electron chi connectivity index (χ3n) is 3.13. The summed E-state index contributed by atoms with van der Waals surface area (Å²) in [5.41, 5.74) is 1.20. The van der Waals surface area contributed by atoms with E-state index in [-0.39, 0.29) is 18.0 Å². The molecule has 1 rings (SSSR count). The molecule has 1 aromatic carbocycles. The first kappa shape index (κ1) is 19.5. The highest BCUT2D eigenvalue weighted by atomic mass is 16.5. The second-order valence-electron chi connectivity index (χ2n) is 5.96. The molecule has 0 saturated carbocycles. The van der Waals surface area contributed by atoms with Crippen molar-refractivity contribution in [3.05, 3.63) is 35.4 Å². The zero-order valence-electron chi connectivity index (χ0n) is 14.8. The minimum Gasteiger partial charge on any atom is -0.449 e. The van der Waals surface area contributed by atoms with Gasteiger partial charge in [-0.15, -0.1) is 0 Å². The van der Waals surface area contributed by atoms with E-state index >= 15 is 0 Å². The smallest absolute Gasteiger partial charge is 0.338 e. The van der Waals surface area contributed by atoms with Gasteiger partial charge in [-0.3, -0.25) is 4.79 Å². The Kier molecular flexibility index (Phi) is 7.23. The molecule has 132 valence electrons. The van der Waals surface area contributed by atoms with Crippen molar-refractivity contribution in [2.45, 2.75) is 39.5 Å². The van der Waals surface area contributed by atoms with Crippen LogP contribution in [0.2, 0.25) is 0 Å². The van der Waals surface area contributed by atoms with Gasteiger partial charge in [0, 0.05) is 26.7 Å². The number of carbonyl (C=O) groups excluding carboxylic acids is 3. The maximum absolute atomic E-state index is 12.0. The molecular weight excluding hydrogens is 310 g/mol. The minimum absolute atomic E-state index is 0.0639. The Morgan fingerprint density at radius 3 is 2.17 bits per heavy atom. The van der Waals surface area contributed by atoms with Crippen LogP contribution in [0.4, 0.5) is 4.79 Å². The van der Waals surface area contributed by atoms with Crippen LogP contribution in [-0.4, -0.2) is 49.0 Å². The number of urea groups is 1. The molecule has 2 N–H and O–H groups in total. The van der Waals surface area contributed by atoms with E-state index < -0.39 is 12.1 Å². The number of rotatable bonds is 6. The Morgan fingerprint density at radius 2 is 1.67 bits per heavy atom. The number of carbonyl (C=O) groups is 3. The Labute approximate surface area is 142 Å². The number of nitrogens with one attached hydrogen (secondary N) is 2. The van der Waals surface area contributed by atoms with Gasteiger partial charge in [0.05, 0.1) is 5.56 Å². The Hall–Kier alpha value is -2.57. The number of esters is 1. The maximum atomic E-state index is 12.0. The van der Waals surface area contributed by atoms with Crippen LogP contribution in [0.5, 0.6) is 0 Å². The SMILES string of the molecule is CC(C)NC(=O)NCc1ccc(C(=O)O[C@@H](C)C(=O)N(C)C)cc1. The molecule has 0 spiro atoms. The highest BCUT2D eigenvalue weighted by Gasteiger charge is 2.20. The monoisotopic (exact) mass is 335 g/mol. The molecule has 7 nitrogen and oxygen atoms in total. The molecule has 0 unspecified atom stereocenters. The number of amides is 3. The van der Waals surface area contributed by atoms with Crippen molar-refractivity contribution in [2.75, 3.05) is 14.1 Å². The lowest BCUT2D eigenvalue weighted by atomic mass is 10.1. The summed E-state index contributed by atoms with van der Waals surface area (Å²) in [6, 6.07) is 6.48. The molecule has 0 heterocycles. The quantitative estimate of drug-likeness (QED) is 0.772. The van der Waals surface area contributed by atoms with E-state index in [1.165, 1.54) is 11.8 Å². The van der Waals surface area contributed by atoms with Crippen molar-refractivity contribution in [3.8, 4) is 0 Å². The third kappa shape index (κ3) is 6.28. The molecule has 1 atom stereocenters. The molecule has 1 aromatic rings. The van der Waals surface area contributed by atoms with Crippen molar-refractivity contribution < 1.29 is 19.1 Å². The summed E-state index contributed by atoms with van der Waals surface area (Å²) < 4.78 is 5.13. The van der Waals surface area contributed by atoms with Crippen LogP contribution in [-0.2, 0) is 16.1 Å². The fourth-order valence-electron chi connectivity index (χ4n) is 1.90. The summed E-state index contributed by atoms with van der Waals surface area (Å²) in [5, 5.41) is 5.45. The summed E-state index contributed by atoms with van der Waals surface area (Å²) in [4.78, 5) is 36.6. The van der Waals surface area contributed by atoms with Crippen molar-refractivity contribution in [2.24, 2.45) is 0 Å². The van der Waals surface area contributed by atoms with E-state index in [0.29, 0.717) is 12.1 Å². The van der Waals surface area contributed by atoms with E-state index in [1.54, 1.807) is 38.4 Å². The predicted molar refractivity (Wildman–Crippen MR) is 90.5 cm³/mol. The number of benzene rings is 1. The standard InChI is InChI=1S/C17H25N3O4/c1-11(2)19-17(23)18-10-13-6-8-14(9-7-13)16(22)24-12(3)15(21)20(4)5/h6-9,11-12H,10H2,1-5H3,(H2,18,19,23)/t12-/m0/s1. The molecule has 0 aliphatic rings.